The Morgan fingerprint density at radius 2 is 1.65 bits per heavy atom. The first-order chi connectivity index (χ1) is 8.31. The van der Waals surface area contributed by atoms with Crippen LogP contribution in [-0.4, -0.2) is 0 Å². The summed E-state index contributed by atoms with van der Waals surface area (Å²) in [6.45, 7) is 8.67. The molecule has 0 saturated heterocycles. The fourth-order valence-corrected chi connectivity index (χ4v) is 2.74. The van der Waals surface area contributed by atoms with Gasteiger partial charge in [0.25, 0.3) is 0 Å². The molecular formula is C16H23O. The van der Waals surface area contributed by atoms with Gasteiger partial charge in [-0.3, -0.25) is 0 Å². The Morgan fingerprint density at radius 3 is 2.29 bits per heavy atom. The van der Waals surface area contributed by atoms with E-state index in [4.69, 9.17) is 4.74 Å². The molecule has 0 aromatic carbocycles. The second-order valence-electron chi connectivity index (χ2n) is 4.89. The number of fused-ring (bicyclic) bond motifs is 1. The van der Waals surface area contributed by atoms with E-state index in [1.807, 2.05) is 6.61 Å². The van der Waals surface area contributed by atoms with Crippen molar-refractivity contribution in [3.63, 3.8) is 0 Å². The first-order valence-electron chi connectivity index (χ1n) is 6.99. The Morgan fingerprint density at radius 1 is 0.941 bits per heavy atom. The molecule has 0 saturated carbocycles. The Balaban J connectivity index is 2.33. The van der Waals surface area contributed by atoms with Crippen LogP contribution in [0.5, 0.6) is 0 Å². The molecule has 17 heavy (non-hydrogen) atoms. The van der Waals surface area contributed by atoms with Gasteiger partial charge in [-0.2, -0.15) is 0 Å². The first-order valence-corrected chi connectivity index (χ1v) is 6.99. The zero-order valence-electron chi connectivity index (χ0n) is 11.3. The van der Waals surface area contributed by atoms with Crippen LogP contribution < -0.4 is 0 Å². The van der Waals surface area contributed by atoms with E-state index in [9.17, 15) is 0 Å². The minimum absolute atomic E-state index is 1.07. The van der Waals surface area contributed by atoms with Crippen LogP contribution in [0, 0.1) is 6.61 Å². The van der Waals surface area contributed by atoms with Crippen LogP contribution in [0.2, 0.25) is 0 Å². The first kappa shape index (κ1) is 12.5. The van der Waals surface area contributed by atoms with Gasteiger partial charge in [0.05, 0.1) is 0 Å². The molecule has 1 radical (unpaired) electrons. The third kappa shape index (κ3) is 2.34. The van der Waals surface area contributed by atoms with Gasteiger partial charge in [-0.05, 0) is 30.4 Å². The lowest BCUT2D eigenvalue weighted by Gasteiger charge is -2.09. The summed E-state index contributed by atoms with van der Waals surface area (Å²) in [6.07, 6.45) is 9.39. The molecule has 2 aliphatic rings. The van der Waals surface area contributed by atoms with E-state index in [2.05, 4.69) is 26.8 Å². The van der Waals surface area contributed by atoms with Crippen LogP contribution in [0.4, 0.5) is 0 Å². The van der Waals surface area contributed by atoms with E-state index in [1.54, 1.807) is 11.1 Å². The average Bonchev–Trinajstić information content (AvgIpc) is 2.83. The quantitative estimate of drug-likeness (QED) is 0.620. The minimum atomic E-state index is 1.07. The highest BCUT2D eigenvalue weighted by Gasteiger charge is 2.29. The fraction of sp³-hybridized carbons (Fsp3) is 0.562. The van der Waals surface area contributed by atoms with E-state index in [0.29, 0.717) is 0 Å². The minimum Gasteiger partial charge on any atom is -0.485 e. The highest BCUT2D eigenvalue weighted by Crippen LogP contribution is 2.44. The summed E-state index contributed by atoms with van der Waals surface area (Å²) < 4.78 is 5.72. The third-order valence-corrected chi connectivity index (χ3v) is 3.41. The van der Waals surface area contributed by atoms with Gasteiger partial charge in [-0.1, -0.05) is 39.7 Å². The molecular weight excluding hydrogens is 208 g/mol. The van der Waals surface area contributed by atoms with Crippen LogP contribution in [0.1, 0.15) is 59.3 Å². The maximum Gasteiger partial charge on any atom is 0.165 e. The molecule has 1 heteroatoms. The van der Waals surface area contributed by atoms with Crippen molar-refractivity contribution in [2.75, 3.05) is 0 Å². The summed E-state index contributed by atoms with van der Waals surface area (Å²) >= 11 is 0. The Labute approximate surface area is 105 Å². The third-order valence-electron chi connectivity index (χ3n) is 3.41. The van der Waals surface area contributed by atoms with Gasteiger partial charge in [-0.15, -0.1) is 0 Å². The van der Waals surface area contributed by atoms with E-state index in [0.717, 1.165) is 12.8 Å². The molecule has 0 atom stereocenters. The lowest BCUT2D eigenvalue weighted by Crippen LogP contribution is -1.92. The van der Waals surface area contributed by atoms with Gasteiger partial charge in [0.2, 0.25) is 0 Å². The van der Waals surface area contributed by atoms with Crippen molar-refractivity contribution in [2.45, 2.75) is 59.3 Å². The van der Waals surface area contributed by atoms with Crippen molar-refractivity contribution in [2.24, 2.45) is 0 Å². The second kappa shape index (κ2) is 5.57. The topological polar surface area (TPSA) is 9.23 Å². The number of ether oxygens (including phenoxy) is 1. The Kier molecular flexibility index (Phi) is 4.09. The number of hydrogen-bond donors (Lipinski definition) is 0. The normalized spacial score (nSPS) is 18.6. The van der Waals surface area contributed by atoms with E-state index >= 15 is 0 Å². The molecule has 0 fully saturated rings. The molecule has 1 aliphatic carbocycles. The molecule has 1 nitrogen and oxygen atoms in total. The molecule has 0 aromatic rings. The summed E-state index contributed by atoms with van der Waals surface area (Å²) in [5, 5.41) is 0. The molecule has 1 aliphatic heterocycles. The van der Waals surface area contributed by atoms with Gasteiger partial charge >= 0.3 is 0 Å². The summed E-state index contributed by atoms with van der Waals surface area (Å²) in [5.74, 6) is 1.20. The van der Waals surface area contributed by atoms with Gasteiger partial charge in [0.15, 0.2) is 6.61 Å². The molecule has 2 rings (SSSR count). The maximum absolute atomic E-state index is 5.72. The smallest absolute Gasteiger partial charge is 0.165 e. The van der Waals surface area contributed by atoms with Crippen molar-refractivity contribution in [3.8, 4) is 0 Å². The van der Waals surface area contributed by atoms with Crippen molar-refractivity contribution in [1.82, 2.24) is 0 Å². The molecule has 0 spiro atoms. The average molecular weight is 231 g/mol. The molecule has 93 valence electrons. The van der Waals surface area contributed by atoms with E-state index < -0.39 is 0 Å². The molecule has 0 amide bonds. The zero-order chi connectivity index (χ0) is 12.3. The van der Waals surface area contributed by atoms with Gasteiger partial charge in [0, 0.05) is 17.6 Å². The lowest BCUT2D eigenvalue weighted by atomic mass is 9.96. The van der Waals surface area contributed by atoms with Crippen molar-refractivity contribution < 1.29 is 4.74 Å². The highest BCUT2D eigenvalue weighted by molar-refractivity contribution is 5.64. The molecule has 1 heterocycles. The van der Waals surface area contributed by atoms with Crippen LogP contribution in [0.25, 0.3) is 0 Å². The molecule has 0 unspecified atom stereocenters. The summed E-state index contributed by atoms with van der Waals surface area (Å²) in [6, 6.07) is 0. The maximum atomic E-state index is 5.72. The molecule has 0 N–H and O–H groups in total. The van der Waals surface area contributed by atoms with Gasteiger partial charge < -0.3 is 4.74 Å². The highest BCUT2D eigenvalue weighted by atomic mass is 16.5. The zero-order valence-corrected chi connectivity index (χ0v) is 11.3. The Hall–Kier alpha value is -0.980. The lowest BCUT2D eigenvalue weighted by molar-refractivity contribution is 0.306. The predicted octanol–water partition coefficient (Wildman–Crippen LogP) is 5.07. The molecule has 0 aromatic heterocycles. The number of hydrogen-bond acceptors (Lipinski definition) is 1. The largest absolute Gasteiger partial charge is 0.485 e. The summed E-state index contributed by atoms with van der Waals surface area (Å²) in [4.78, 5) is 0. The van der Waals surface area contributed by atoms with E-state index in [-0.39, 0.29) is 0 Å². The Bertz CT molecular complexity index is 382. The number of allylic oxidation sites excluding steroid dienone is 4. The monoisotopic (exact) mass is 231 g/mol. The van der Waals surface area contributed by atoms with Crippen LogP contribution >= 0.6 is 0 Å². The summed E-state index contributed by atoms with van der Waals surface area (Å²) in [7, 11) is 0. The predicted molar refractivity (Wildman–Crippen MR) is 72.2 cm³/mol. The summed E-state index contributed by atoms with van der Waals surface area (Å²) in [5.41, 5.74) is 5.85. The number of rotatable bonds is 6. The van der Waals surface area contributed by atoms with Crippen LogP contribution in [0.3, 0.4) is 0 Å². The second-order valence-corrected chi connectivity index (χ2v) is 4.89. The van der Waals surface area contributed by atoms with Gasteiger partial charge in [-0.25, -0.2) is 0 Å². The van der Waals surface area contributed by atoms with Gasteiger partial charge in [0.1, 0.15) is 5.76 Å². The standard InChI is InChI=1S/C16H23O/c1-4-7-12-10-13-11-17-15(9-6-3)16(13)14(12)8-5-2/h10-11H,4-9H2,1-3H3. The fourth-order valence-electron chi connectivity index (χ4n) is 2.74. The van der Waals surface area contributed by atoms with Crippen LogP contribution in [0.15, 0.2) is 34.1 Å². The van der Waals surface area contributed by atoms with Crippen LogP contribution in [-0.2, 0) is 4.74 Å². The van der Waals surface area contributed by atoms with Crippen molar-refractivity contribution in [3.05, 3.63) is 40.7 Å². The van der Waals surface area contributed by atoms with Crippen molar-refractivity contribution in [1.29, 1.82) is 0 Å². The van der Waals surface area contributed by atoms with Crippen molar-refractivity contribution >= 4 is 0 Å². The van der Waals surface area contributed by atoms with E-state index in [1.165, 1.54) is 42.6 Å². The molecule has 0 bridgehead atoms. The SMILES string of the molecule is CCCC1=C(CCC)C2=C(CCC)O[CH]C2=C1.